The first-order valence-corrected chi connectivity index (χ1v) is 7.62. The highest BCUT2D eigenvalue weighted by Crippen LogP contribution is 2.10. The van der Waals surface area contributed by atoms with Crippen LogP contribution in [0, 0.1) is 12.7 Å². The first-order chi connectivity index (χ1) is 11.0. The lowest BCUT2D eigenvalue weighted by molar-refractivity contribution is -0.513. The van der Waals surface area contributed by atoms with E-state index < -0.39 is 0 Å². The Morgan fingerprint density at radius 1 is 1.30 bits per heavy atom. The summed E-state index contributed by atoms with van der Waals surface area (Å²) in [5, 5.41) is 3.91. The van der Waals surface area contributed by atoms with E-state index in [1.54, 1.807) is 22.7 Å². The summed E-state index contributed by atoms with van der Waals surface area (Å²) in [5.74, 6) is -0.655. The van der Waals surface area contributed by atoms with Gasteiger partial charge >= 0.3 is 5.91 Å². The van der Waals surface area contributed by atoms with Crippen molar-refractivity contribution in [2.24, 2.45) is 5.10 Å². The molecule has 23 heavy (non-hydrogen) atoms. The van der Waals surface area contributed by atoms with E-state index in [9.17, 15) is 9.18 Å². The number of amides is 1. The van der Waals surface area contributed by atoms with Crippen molar-refractivity contribution in [2.45, 2.75) is 6.92 Å². The van der Waals surface area contributed by atoms with E-state index >= 15 is 0 Å². The Morgan fingerprint density at radius 3 is 2.78 bits per heavy atom. The SMILES string of the molecule is Cc1[nH]c2ccc(Br)c[n+]2c1C(=O)NN=Cc1ccc(F)cc1. The van der Waals surface area contributed by atoms with Crippen molar-refractivity contribution in [3.8, 4) is 0 Å². The zero-order valence-corrected chi connectivity index (χ0v) is 13.8. The van der Waals surface area contributed by atoms with Gasteiger partial charge in [0.15, 0.2) is 5.69 Å². The molecule has 0 spiro atoms. The third-order valence-electron chi connectivity index (χ3n) is 3.29. The molecule has 0 unspecified atom stereocenters. The molecule has 0 aliphatic carbocycles. The van der Waals surface area contributed by atoms with Crippen LogP contribution in [0.15, 0.2) is 52.2 Å². The molecule has 0 aliphatic heterocycles. The summed E-state index contributed by atoms with van der Waals surface area (Å²) in [6.45, 7) is 1.82. The number of hydrazone groups is 1. The van der Waals surface area contributed by atoms with E-state index in [1.807, 2.05) is 19.1 Å². The number of rotatable bonds is 3. The second kappa shape index (κ2) is 6.29. The van der Waals surface area contributed by atoms with Crippen molar-refractivity contribution in [3.63, 3.8) is 0 Å². The van der Waals surface area contributed by atoms with Gasteiger partial charge in [0.1, 0.15) is 12.0 Å². The van der Waals surface area contributed by atoms with Crippen LogP contribution in [-0.2, 0) is 0 Å². The maximum absolute atomic E-state index is 12.8. The molecule has 0 radical (unpaired) electrons. The Hall–Kier alpha value is -2.54. The summed E-state index contributed by atoms with van der Waals surface area (Å²) in [5.41, 5.74) is 5.18. The maximum atomic E-state index is 12.8. The first kappa shape index (κ1) is 15.4. The maximum Gasteiger partial charge on any atom is 0.315 e. The Balaban J connectivity index is 1.82. The van der Waals surface area contributed by atoms with Gasteiger partial charge in [-0.25, -0.2) is 14.8 Å². The van der Waals surface area contributed by atoms with Gasteiger partial charge in [-0.3, -0.25) is 4.79 Å². The fourth-order valence-electron chi connectivity index (χ4n) is 2.24. The predicted molar refractivity (Wildman–Crippen MR) is 87.8 cm³/mol. The lowest BCUT2D eigenvalue weighted by Gasteiger charge is -1.97. The van der Waals surface area contributed by atoms with Gasteiger partial charge in [-0.15, -0.1) is 0 Å². The summed E-state index contributed by atoms with van der Waals surface area (Å²) in [6.07, 6.45) is 3.26. The van der Waals surface area contributed by atoms with Crippen molar-refractivity contribution in [1.29, 1.82) is 0 Å². The molecule has 1 amide bonds. The average Bonchev–Trinajstić information content (AvgIpc) is 2.84. The number of carbonyl (C=O) groups is 1. The van der Waals surface area contributed by atoms with Gasteiger partial charge in [0.2, 0.25) is 5.69 Å². The molecule has 0 atom stereocenters. The standard InChI is InChI=1S/C16H12BrFN4O/c1-10-15(22-9-12(17)4-7-14(22)20-10)16(23)21-19-8-11-2-5-13(18)6-3-11/h2-9H,1H3,(H,21,23)/p+1. The highest BCUT2D eigenvalue weighted by atomic mass is 79.9. The minimum Gasteiger partial charge on any atom is -0.263 e. The number of carbonyl (C=O) groups excluding carboxylic acids is 1. The molecule has 0 fully saturated rings. The quantitative estimate of drug-likeness (QED) is 0.412. The molecule has 1 aromatic carbocycles. The largest absolute Gasteiger partial charge is 0.315 e. The van der Waals surface area contributed by atoms with Crippen LogP contribution in [0.2, 0.25) is 0 Å². The van der Waals surface area contributed by atoms with E-state index in [0.29, 0.717) is 11.3 Å². The predicted octanol–water partition coefficient (Wildman–Crippen LogP) is 2.73. The normalized spacial score (nSPS) is 11.3. The third-order valence-corrected chi connectivity index (χ3v) is 3.76. The van der Waals surface area contributed by atoms with Crippen molar-refractivity contribution in [3.05, 3.63) is 69.8 Å². The van der Waals surface area contributed by atoms with Gasteiger partial charge in [0.25, 0.3) is 5.65 Å². The molecule has 7 heteroatoms. The van der Waals surface area contributed by atoms with Crippen molar-refractivity contribution < 1.29 is 13.6 Å². The second-order valence-corrected chi connectivity index (χ2v) is 5.87. The lowest BCUT2D eigenvalue weighted by Crippen LogP contribution is -2.33. The molecule has 5 nitrogen and oxygen atoms in total. The number of fused-ring (bicyclic) bond motifs is 1. The van der Waals surface area contributed by atoms with Gasteiger partial charge in [0.05, 0.1) is 10.7 Å². The van der Waals surface area contributed by atoms with Crippen LogP contribution < -0.4 is 9.83 Å². The summed E-state index contributed by atoms with van der Waals surface area (Å²) in [6, 6.07) is 9.58. The fourth-order valence-corrected chi connectivity index (χ4v) is 2.58. The minimum atomic E-state index is -0.338. The van der Waals surface area contributed by atoms with E-state index in [0.717, 1.165) is 15.8 Å². The fraction of sp³-hybridized carbons (Fsp3) is 0.0625. The Labute approximate surface area is 140 Å². The monoisotopic (exact) mass is 375 g/mol. The average molecular weight is 376 g/mol. The number of aromatic amines is 1. The molecular formula is C16H13BrFN4O+. The number of imidazole rings is 1. The van der Waals surface area contributed by atoms with Crippen molar-refractivity contribution in [2.75, 3.05) is 0 Å². The number of aryl methyl sites for hydroxylation is 1. The first-order valence-electron chi connectivity index (χ1n) is 6.83. The molecule has 2 aromatic heterocycles. The topological polar surface area (TPSA) is 61.4 Å². The minimum absolute atomic E-state index is 0.317. The highest BCUT2D eigenvalue weighted by molar-refractivity contribution is 9.10. The molecular weight excluding hydrogens is 363 g/mol. The number of halogens is 2. The van der Waals surface area contributed by atoms with Crippen LogP contribution in [-0.4, -0.2) is 17.1 Å². The third kappa shape index (κ3) is 3.29. The van der Waals surface area contributed by atoms with Crippen LogP contribution in [0.3, 0.4) is 0 Å². The molecule has 3 aromatic rings. The van der Waals surface area contributed by atoms with E-state index in [-0.39, 0.29) is 11.7 Å². The number of hydrogen-bond acceptors (Lipinski definition) is 2. The molecule has 0 saturated heterocycles. The van der Waals surface area contributed by atoms with Gasteiger partial charge in [-0.2, -0.15) is 9.50 Å². The second-order valence-electron chi connectivity index (χ2n) is 4.95. The highest BCUT2D eigenvalue weighted by Gasteiger charge is 2.23. The zero-order chi connectivity index (χ0) is 16.4. The number of benzene rings is 1. The Kier molecular flexibility index (Phi) is 4.20. The molecule has 2 N–H and O–H groups in total. The Morgan fingerprint density at radius 2 is 2.04 bits per heavy atom. The molecule has 0 aliphatic rings. The van der Waals surface area contributed by atoms with Gasteiger partial charge in [-0.1, -0.05) is 12.1 Å². The summed E-state index contributed by atoms with van der Waals surface area (Å²) in [4.78, 5) is 15.5. The number of pyridine rings is 1. The number of aromatic nitrogens is 2. The number of nitrogens with one attached hydrogen (secondary N) is 2. The van der Waals surface area contributed by atoms with E-state index in [2.05, 4.69) is 31.4 Å². The van der Waals surface area contributed by atoms with Crippen LogP contribution >= 0.6 is 15.9 Å². The smallest absolute Gasteiger partial charge is 0.263 e. The van der Waals surface area contributed by atoms with E-state index in [4.69, 9.17) is 0 Å². The van der Waals surface area contributed by atoms with Crippen LogP contribution in [0.4, 0.5) is 4.39 Å². The van der Waals surface area contributed by atoms with Crippen LogP contribution in [0.1, 0.15) is 21.7 Å². The van der Waals surface area contributed by atoms with Crippen LogP contribution in [0.25, 0.3) is 5.65 Å². The van der Waals surface area contributed by atoms with Crippen LogP contribution in [0.5, 0.6) is 0 Å². The molecule has 116 valence electrons. The molecule has 0 saturated carbocycles. The summed E-state index contributed by atoms with van der Waals surface area (Å²) in [7, 11) is 0. The number of hydrogen-bond donors (Lipinski definition) is 2. The van der Waals surface area contributed by atoms with Gasteiger partial charge < -0.3 is 0 Å². The van der Waals surface area contributed by atoms with Crippen molar-refractivity contribution in [1.82, 2.24) is 10.4 Å². The zero-order valence-electron chi connectivity index (χ0n) is 12.2. The van der Waals surface area contributed by atoms with Gasteiger partial charge in [-0.05, 0) is 39.7 Å². The van der Waals surface area contributed by atoms with E-state index in [1.165, 1.54) is 18.3 Å². The van der Waals surface area contributed by atoms with Gasteiger partial charge in [0, 0.05) is 13.0 Å². The number of H-pyrrole nitrogens is 1. The summed E-state index contributed by atoms with van der Waals surface area (Å²) < 4.78 is 15.4. The molecule has 0 bridgehead atoms. The summed E-state index contributed by atoms with van der Waals surface area (Å²) >= 11 is 3.39. The molecule has 2 heterocycles. The number of nitrogens with zero attached hydrogens (tertiary/aromatic N) is 2. The Bertz CT molecular complexity index is 902. The van der Waals surface area contributed by atoms with Crippen molar-refractivity contribution >= 4 is 33.7 Å². The lowest BCUT2D eigenvalue weighted by atomic mass is 10.2. The molecule has 3 rings (SSSR count).